The zero-order chi connectivity index (χ0) is 13.2. The van der Waals surface area contributed by atoms with E-state index >= 15 is 0 Å². The van der Waals surface area contributed by atoms with E-state index in [1.54, 1.807) is 12.3 Å². The highest BCUT2D eigenvalue weighted by molar-refractivity contribution is 6.43. The van der Waals surface area contributed by atoms with Gasteiger partial charge in [-0.25, -0.2) is 0 Å². The number of benzene rings is 2. The Balaban J connectivity index is 1.95. The molecule has 0 aliphatic rings. The van der Waals surface area contributed by atoms with Gasteiger partial charge in [-0.15, -0.1) is 0 Å². The van der Waals surface area contributed by atoms with Crippen LogP contribution < -0.4 is 0 Å². The lowest BCUT2D eigenvalue weighted by atomic mass is 10.2. The number of H-pyrrole nitrogens is 1. The molecular weight excluding hydrogens is 279 g/mol. The molecule has 0 saturated heterocycles. The Bertz CT molecular complexity index is 760. The molecule has 0 aliphatic heterocycles. The minimum absolute atomic E-state index is 0.522. The van der Waals surface area contributed by atoms with Crippen LogP contribution in [0.4, 0.5) is 5.69 Å². The molecule has 3 rings (SSSR count). The number of rotatable bonds is 2. The van der Waals surface area contributed by atoms with Gasteiger partial charge in [0.15, 0.2) is 0 Å². The van der Waals surface area contributed by atoms with E-state index in [1.165, 1.54) is 5.39 Å². The summed E-state index contributed by atoms with van der Waals surface area (Å²) in [5.74, 6) is 0. The number of aromatic amines is 1. The largest absolute Gasteiger partial charge is 0.361 e. The first-order valence-corrected chi connectivity index (χ1v) is 6.55. The third-order valence-electron chi connectivity index (χ3n) is 2.87. The standard InChI is InChI=1S/C15H10Cl2N2/c16-13-3-1-2-11(15(13)17)9-19-12-5-4-10-6-7-18-14(10)8-12/h1-9,18H. The first kappa shape index (κ1) is 12.3. The van der Waals surface area contributed by atoms with E-state index in [-0.39, 0.29) is 0 Å². The van der Waals surface area contributed by atoms with Crippen LogP contribution in [-0.2, 0) is 0 Å². The van der Waals surface area contributed by atoms with Crippen molar-refractivity contribution in [3.63, 3.8) is 0 Å². The van der Waals surface area contributed by atoms with Crippen molar-refractivity contribution in [3.8, 4) is 0 Å². The maximum atomic E-state index is 6.11. The number of hydrogen-bond acceptors (Lipinski definition) is 1. The predicted molar refractivity (Wildman–Crippen MR) is 82.0 cm³/mol. The Morgan fingerprint density at radius 2 is 1.95 bits per heavy atom. The van der Waals surface area contributed by atoms with Crippen molar-refractivity contribution >= 4 is 46.0 Å². The molecule has 2 nitrogen and oxygen atoms in total. The lowest BCUT2D eigenvalue weighted by Crippen LogP contribution is -1.83. The van der Waals surface area contributed by atoms with Crippen LogP contribution in [0.15, 0.2) is 53.7 Å². The number of aromatic nitrogens is 1. The molecule has 0 unspecified atom stereocenters. The molecule has 1 aromatic heterocycles. The molecule has 0 amide bonds. The van der Waals surface area contributed by atoms with Crippen LogP contribution in [0.2, 0.25) is 10.0 Å². The fourth-order valence-corrected chi connectivity index (χ4v) is 2.24. The van der Waals surface area contributed by atoms with Gasteiger partial charge in [-0.3, -0.25) is 4.99 Å². The molecule has 1 heterocycles. The van der Waals surface area contributed by atoms with Gasteiger partial charge in [0, 0.05) is 23.5 Å². The lowest BCUT2D eigenvalue weighted by molar-refractivity contribution is 1.46. The van der Waals surface area contributed by atoms with Gasteiger partial charge in [0.05, 0.1) is 15.7 Å². The van der Waals surface area contributed by atoms with Gasteiger partial charge in [0.25, 0.3) is 0 Å². The summed E-state index contributed by atoms with van der Waals surface area (Å²) < 4.78 is 0. The quantitative estimate of drug-likeness (QED) is 0.626. The van der Waals surface area contributed by atoms with E-state index in [4.69, 9.17) is 23.2 Å². The van der Waals surface area contributed by atoms with Crippen LogP contribution >= 0.6 is 23.2 Å². The second-order valence-corrected chi connectivity index (χ2v) is 4.94. The second kappa shape index (κ2) is 5.08. The molecule has 0 saturated carbocycles. The maximum Gasteiger partial charge on any atom is 0.0680 e. The van der Waals surface area contributed by atoms with Crippen LogP contribution in [0.1, 0.15) is 5.56 Å². The Labute approximate surface area is 120 Å². The molecule has 19 heavy (non-hydrogen) atoms. The maximum absolute atomic E-state index is 6.11. The molecule has 0 radical (unpaired) electrons. The number of nitrogens with zero attached hydrogens (tertiary/aromatic N) is 1. The molecule has 0 bridgehead atoms. The number of hydrogen-bond donors (Lipinski definition) is 1. The molecule has 2 aromatic carbocycles. The SMILES string of the molecule is Clc1cccc(C=Nc2ccc3cc[nH]c3c2)c1Cl. The minimum atomic E-state index is 0.522. The second-order valence-electron chi connectivity index (χ2n) is 4.15. The molecular formula is C15H10Cl2N2. The molecule has 0 spiro atoms. The molecule has 0 aliphatic carbocycles. The summed E-state index contributed by atoms with van der Waals surface area (Å²) in [6, 6.07) is 13.5. The fraction of sp³-hybridized carbons (Fsp3) is 0. The van der Waals surface area contributed by atoms with Crippen molar-refractivity contribution in [2.24, 2.45) is 4.99 Å². The van der Waals surface area contributed by atoms with E-state index in [0.29, 0.717) is 10.0 Å². The normalized spacial score (nSPS) is 11.5. The Morgan fingerprint density at radius 1 is 1.05 bits per heavy atom. The highest BCUT2D eigenvalue weighted by atomic mass is 35.5. The summed E-state index contributed by atoms with van der Waals surface area (Å²) in [6.07, 6.45) is 3.63. The van der Waals surface area contributed by atoms with Crippen LogP contribution in [0.25, 0.3) is 10.9 Å². The number of halogens is 2. The lowest BCUT2D eigenvalue weighted by Gasteiger charge is -2.00. The van der Waals surface area contributed by atoms with Crippen molar-refractivity contribution in [2.45, 2.75) is 0 Å². The summed E-state index contributed by atoms with van der Waals surface area (Å²) in [5, 5.41) is 2.22. The van der Waals surface area contributed by atoms with Gasteiger partial charge < -0.3 is 4.98 Å². The zero-order valence-electron chi connectivity index (χ0n) is 9.90. The van der Waals surface area contributed by atoms with Crippen molar-refractivity contribution in [3.05, 3.63) is 64.3 Å². The smallest absolute Gasteiger partial charge is 0.0680 e. The highest BCUT2D eigenvalue weighted by Crippen LogP contribution is 2.25. The third kappa shape index (κ3) is 2.50. The van der Waals surface area contributed by atoms with Crippen molar-refractivity contribution in [1.29, 1.82) is 0 Å². The van der Waals surface area contributed by atoms with E-state index in [1.807, 2.05) is 42.6 Å². The Hall–Kier alpha value is -1.77. The molecule has 94 valence electrons. The molecule has 1 N–H and O–H groups in total. The van der Waals surface area contributed by atoms with Crippen LogP contribution in [0.5, 0.6) is 0 Å². The number of fused-ring (bicyclic) bond motifs is 1. The van der Waals surface area contributed by atoms with Gasteiger partial charge in [-0.1, -0.05) is 41.4 Å². The van der Waals surface area contributed by atoms with Gasteiger partial charge >= 0.3 is 0 Å². The summed E-state index contributed by atoms with van der Waals surface area (Å²) in [7, 11) is 0. The average molecular weight is 289 g/mol. The Morgan fingerprint density at radius 3 is 2.84 bits per heavy atom. The van der Waals surface area contributed by atoms with Crippen LogP contribution in [0, 0.1) is 0 Å². The van der Waals surface area contributed by atoms with Crippen molar-refractivity contribution in [1.82, 2.24) is 4.98 Å². The monoisotopic (exact) mass is 288 g/mol. The number of nitrogens with one attached hydrogen (secondary N) is 1. The first-order valence-electron chi connectivity index (χ1n) is 5.79. The first-order chi connectivity index (χ1) is 9.24. The molecule has 3 aromatic rings. The van der Waals surface area contributed by atoms with Gasteiger partial charge in [-0.2, -0.15) is 0 Å². The van der Waals surface area contributed by atoms with Gasteiger partial charge in [0.1, 0.15) is 0 Å². The van der Waals surface area contributed by atoms with Crippen molar-refractivity contribution < 1.29 is 0 Å². The average Bonchev–Trinajstić information content (AvgIpc) is 2.88. The summed E-state index contributed by atoms with van der Waals surface area (Å²) in [6.45, 7) is 0. The van der Waals surface area contributed by atoms with Crippen molar-refractivity contribution in [2.75, 3.05) is 0 Å². The van der Waals surface area contributed by atoms with E-state index in [0.717, 1.165) is 16.8 Å². The van der Waals surface area contributed by atoms with E-state index in [9.17, 15) is 0 Å². The molecule has 4 heteroatoms. The minimum Gasteiger partial charge on any atom is -0.361 e. The van der Waals surface area contributed by atoms with Gasteiger partial charge in [0.2, 0.25) is 0 Å². The third-order valence-corrected chi connectivity index (χ3v) is 3.71. The van der Waals surface area contributed by atoms with E-state index in [2.05, 4.69) is 9.98 Å². The summed E-state index contributed by atoms with van der Waals surface area (Å²) >= 11 is 12.1. The molecule has 0 atom stereocenters. The topological polar surface area (TPSA) is 28.1 Å². The highest BCUT2D eigenvalue weighted by Gasteiger charge is 2.01. The zero-order valence-corrected chi connectivity index (χ0v) is 11.4. The van der Waals surface area contributed by atoms with E-state index < -0.39 is 0 Å². The van der Waals surface area contributed by atoms with Crippen LogP contribution in [0.3, 0.4) is 0 Å². The number of aliphatic imine (C=N–C) groups is 1. The fourth-order valence-electron chi connectivity index (χ4n) is 1.88. The molecule has 0 fully saturated rings. The predicted octanol–water partition coefficient (Wildman–Crippen LogP) is 5.23. The van der Waals surface area contributed by atoms with Gasteiger partial charge in [-0.05, 0) is 29.7 Å². The summed E-state index contributed by atoms with van der Waals surface area (Å²) in [4.78, 5) is 7.58. The Kier molecular flexibility index (Phi) is 3.28. The summed E-state index contributed by atoms with van der Waals surface area (Å²) in [5.41, 5.74) is 2.73. The van der Waals surface area contributed by atoms with Crippen LogP contribution in [-0.4, -0.2) is 11.2 Å².